The molecule has 0 N–H and O–H groups in total. The summed E-state index contributed by atoms with van der Waals surface area (Å²) in [6.07, 6.45) is 0. The van der Waals surface area contributed by atoms with Gasteiger partial charge in [-0.05, 0) is 146 Å². The maximum atomic E-state index is 2.50. The van der Waals surface area contributed by atoms with E-state index in [0.29, 0.717) is 0 Å². The van der Waals surface area contributed by atoms with Crippen LogP contribution in [0, 0.1) is 0 Å². The second-order valence-electron chi connectivity index (χ2n) is 17.1. The SMILES string of the molecule is c1ccc(-c2cccc(-c3c4ccccc4c(-c4cccc(-c5ccccc5)c4)c4c(-c5ccccc5)c5cc(-c6ccccc6)c(-c6ccccc6)cc5c(-c5ccccc5)c34)c2)cc1. The fourth-order valence-electron chi connectivity index (χ4n) is 10.3. The minimum atomic E-state index is 1.18. The van der Waals surface area contributed by atoms with Crippen LogP contribution >= 0.6 is 0 Å². The van der Waals surface area contributed by atoms with Crippen LogP contribution in [0.15, 0.2) is 267 Å². The van der Waals surface area contributed by atoms with E-state index in [9.17, 15) is 0 Å². The van der Waals surface area contributed by atoms with Gasteiger partial charge in [-0.15, -0.1) is 0 Å². The molecule has 66 heavy (non-hydrogen) atoms. The van der Waals surface area contributed by atoms with E-state index >= 15 is 0 Å². The predicted octanol–water partition coefficient (Wildman–Crippen LogP) is 18.5. The molecule has 0 heterocycles. The molecule has 308 valence electrons. The van der Waals surface area contributed by atoms with E-state index in [1.807, 2.05) is 0 Å². The summed E-state index contributed by atoms with van der Waals surface area (Å²) in [6, 6.07) is 98.1. The lowest BCUT2D eigenvalue weighted by Crippen LogP contribution is -1.99. The maximum absolute atomic E-state index is 2.50. The van der Waals surface area contributed by atoms with E-state index in [1.165, 1.54) is 121 Å². The first-order chi connectivity index (χ1) is 32.8. The molecule has 0 aliphatic carbocycles. The van der Waals surface area contributed by atoms with Crippen LogP contribution in [0.1, 0.15) is 0 Å². The van der Waals surface area contributed by atoms with Crippen LogP contribution in [0.4, 0.5) is 0 Å². The Morgan fingerprint density at radius 2 is 0.409 bits per heavy atom. The van der Waals surface area contributed by atoms with Crippen molar-refractivity contribution in [3.8, 4) is 89.0 Å². The average Bonchev–Trinajstić information content (AvgIpc) is 3.40. The standard InChI is InChI=1S/C66H44/c1-7-23-45(24-8-1)51-35-21-37-53(41-51)63-55-39-19-20-40-56(55)64(54-38-22-36-52(42-54)46-25-9-2-10-26-46)66-62(50-33-17-6-18-34-50)60-44-58(48-29-13-4-14-30-48)57(47-27-11-3-12-28-47)43-59(60)61(65(63)66)49-31-15-5-16-32-49/h1-44H. The van der Waals surface area contributed by atoms with Gasteiger partial charge in [0.2, 0.25) is 0 Å². The number of benzene rings is 12. The van der Waals surface area contributed by atoms with Crippen molar-refractivity contribution >= 4 is 32.3 Å². The molecular formula is C66H44. The van der Waals surface area contributed by atoms with Crippen LogP contribution in [-0.2, 0) is 0 Å². The number of rotatable bonds is 8. The van der Waals surface area contributed by atoms with Gasteiger partial charge >= 0.3 is 0 Å². The minimum absolute atomic E-state index is 1.18. The summed E-state index contributed by atoms with van der Waals surface area (Å²) in [4.78, 5) is 0. The molecule has 0 atom stereocenters. The van der Waals surface area contributed by atoms with Crippen LogP contribution in [0.5, 0.6) is 0 Å². The Labute approximate surface area is 386 Å². The van der Waals surface area contributed by atoms with Crippen molar-refractivity contribution in [1.29, 1.82) is 0 Å². The Hall–Kier alpha value is -8.58. The van der Waals surface area contributed by atoms with Crippen molar-refractivity contribution in [1.82, 2.24) is 0 Å². The highest BCUT2D eigenvalue weighted by molar-refractivity contribution is 6.34. The molecule has 0 saturated heterocycles. The summed E-state index contributed by atoms with van der Waals surface area (Å²) < 4.78 is 0. The monoisotopic (exact) mass is 836 g/mol. The number of fused-ring (bicyclic) bond motifs is 3. The van der Waals surface area contributed by atoms with E-state index in [2.05, 4.69) is 267 Å². The fourth-order valence-corrected chi connectivity index (χ4v) is 10.3. The second kappa shape index (κ2) is 16.8. The van der Waals surface area contributed by atoms with Crippen molar-refractivity contribution in [2.45, 2.75) is 0 Å². The molecule has 12 rings (SSSR count). The molecule has 0 aromatic heterocycles. The number of hydrogen-bond donors (Lipinski definition) is 0. The Kier molecular flexibility index (Phi) is 9.97. The maximum Gasteiger partial charge on any atom is -0.000138 e. The summed E-state index contributed by atoms with van der Waals surface area (Å²) in [5.74, 6) is 0. The molecule has 0 saturated carbocycles. The lowest BCUT2D eigenvalue weighted by atomic mass is 9.76. The van der Waals surface area contributed by atoms with Gasteiger partial charge in [-0.1, -0.05) is 243 Å². The molecule has 0 unspecified atom stereocenters. The lowest BCUT2D eigenvalue weighted by Gasteiger charge is -2.26. The highest BCUT2D eigenvalue weighted by Crippen LogP contribution is 2.55. The van der Waals surface area contributed by atoms with E-state index in [-0.39, 0.29) is 0 Å². The van der Waals surface area contributed by atoms with Crippen LogP contribution in [0.2, 0.25) is 0 Å². The van der Waals surface area contributed by atoms with Crippen molar-refractivity contribution in [3.63, 3.8) is 0 Å². The molecule has 0 aliphatic rings. The van der Waals surface area contributed by atoms with E-state index in [4.69, 9.17) is 0 Å². The molecule has 0 heteroatoms. The van der Waals surface area contributed by atoms with Crippen LogP contribution in [0.25, 0.3) is 121 Å². The topological polar surface area (TPSA) is 0 Å². The Bertz CT molecular complexity index is 3440. The van der Waals surface area contributed by atoms with Gasteiger partial charge < -0.3 is 0 Å². The van der Waals surface area contributed by atoms with Crippen LogP contribution in [-0.4, -0.2) is 0 Å². The van der Waals surface area contributed by atoms with Crippen molar-refractivity contribution in [2.75, 3.05) is 0 Å². The first kappa shape index (κ1) is 39.0. The third-order valence-corrected chi connectivity index (χ3v) is 13.2. The highest BCUT2D eigenvalue weighted by atomic mass is 14.3. The van der Waals surface area contributed by atoms with Gasteiger partial charge in [-0.2, -0.15) is 0 Å². The molecule has 12 aromatic carbocycles. The molecule has 12 aromatic rings. The molecular weight excluding hydrogens is 793 g/mol. The lowest BCUT2D eigenvalue weighted by molar-refractivity contribution is 1.59. The summed E-state index contributed by atoms with van der Waals surface area (Å²) in [5, 5.41) is 7.34. The van der Waals surface area contributed by atoms with Gasteiger partial charge in [-0.3, -0.25) is 0 Å². The first-order valence-corrected chi connectivity index (χ1v) is 22.8. The molecule has 0 aliphatic heterocycles. The molecule has 0 fully saturated rings. The molecule has 0 bridgehead atoms. The molecule has 0 radical (unpaired) electrons. The third-order valence-electron chi connectivity index (χ3n) is 13.2. The zero-order chi connectivity index (χ0) is 43.8. The first-order valence-electron chi connectivity index (χ1n) is 22.8. The quantitative estimate of drug-likeness (QED) is 0.134. The van der Waals surface area contributed by atoms with Gasteiger partial charge in [0.1, 0.15) is 0 Å². The van der Waals surface area contributed by atoms with E-state index in [1.54, 1.807) is 0 Å². The zero-order valence-corrected chi connectivity index (χ0v) is 36.4. The number of hydrogen-bond acceptors (Lipinski definition) is 0. The van der Waals surface area contributed by atoms with Gasteiger partial charge in [0.05, 0.1) is 0 Å². The Balaban J connectivity index is 1.37. The van der Waals surface area contributed by atoms with Crippen molar-refractivity contribution < 1.29 is 0 Å². The molecule has 0 nitrogen and oxygen atoms in total. The molecule has 0 spiro atoms. The van der Waals surface area contributed by atoms with Gasteiger partial charge in [0.15, 0.2) is 0 Å². The normalized spacial score (nSPS) is 11.3. The third kappa shape index (κ3) is 6.88. The zero-order valence-electron chi connectivity index (χ0n) is 36.4. The fraction of sp³-hybridized carbons (Fsp3) is 0. The summed E-state index contributed by atoms with van der Waals surface area (Å²) in [5.41, 5.74) is 19.2. The van der Waals surface area contributed by atoms with Gasteiger partial charge in [0.25, 0.3) is 0 Å². The van der Waals surface area contributed by atoms with Gasteiger partial charge in [-0.25, -0.2) is 0 Å². The smallest absolute Gasteiger partial charge is 0.000138 e. The highest BCUT2D eigenvalue weighted by Gasteiger charge is 2.27. The Morgan fingerprint density at radius 1 is 0.152 bits per heavy atom. The molecule has 0 amide bonds. The average molecular weight is 837 g/mol. The largest absolute Gasteiger partial charge is 0.0622 e. The van der Waals surface area contributed by atoms with E-state index < -0.39 is 0 Å². The second-order valence-corrected chi connectivity index (χ2v) is 17.1. The van der Waals surface area contributed by atoms with Crippen LogP contribution in [0.3, 0.4) is 0 Å². The van der Waals surface area contributed by atoms with Crippen molar-refractivity contribution in [3.05, 3.63) is 267 Å². The Morgan fingerprint density at radius 3 is 0.758 bits per heavy atom. The summed E-state index contributed by atoms with van der Waals surface area (Å²) in [6.45, 7) is 0. The van der Waals surface area contributed by atoms with Crippen LogP contribution < -0.4 is 0 Å². The van der Waals surface area contributed by atoms with Gasteiger partial charge in [0, 0.05) is 0 Å². The van der Waals surface area contributed by atoms with E-state index in [0.717, 1.165) is 0 Å². The van der Waals surface area contributed by atoms with Crippen molar-refractivity contribution in [2.24, 2.45) is 0 Å². The minimum Gasteiger partial charge on any atom is -0.0622 e. The summed E-state index contributed by atoms with van der Waals surface area (Å²) in [7, 11) is 0. The summed E-state index contributed by atoms with van der Waals surface area (Å²) >= 11 is 0. The predicted molar refractivity (Wildman–Crippen MR) is 282 cm³/mol.